The average Bonchev–Trinajstić information content (AvgIpc) is 2.30. The molecule has 0 bridgehead atoms. The molecule has 1 aromatic heterocycles. The van der Waals surface area contributed by atoms with Crippen molar-refractivity contribution >= 4 is 27.7 Å². The van der Waals surface area contributed by atoms with Gasteiger partial charge in [0.1, 0.15) is 11.9 Å². The van der Waals surface area contributed by atoms with Crippen LogP contribution in [0.25, 0.3) is 0 Å². The topological polar surface area (TPSA) is 108 Å². The number of halogens is 1. The second kappa shape index (κ2) is 6.67. The fourth-order valence-corrected chi connectivity index (χ4v) is 1.81. The summed E-state index contributed by atoms with van der Waals surface area (Å²) in [7, 11) is 0. The van der Waals surface area contributed by atoms with Crippen molar-refractivity contribution in [2.45, 2.75) is 25.6 Å². The molecule has 0 saturated carbocycles. The van der Waals surface area contributed by atoms with Crippen LogP contribution in [0, 0.1) is 0 Å². The molecule has 6 nitrogen and oxygen atoms in total. The Morgan fingerprint density at radius 3 is 2.89 bits per heavy atom. The van der Waals surface area contributed by atoms with E-state index in [-0.39, 0.29) is 24.7 Å². The molecule has 0 fully saturated rings. The van der Waals surface area contributed by atoms with Gasteiger partial charge in [-0.3, -0.25) is 4.79 Å². The standard InChI is InChI=1S/C11H16BrN3O3/c1-6(16)14-3-2-9(17)10(18)8-4-7(12)5-15-11(8)13/h4-5,9-10,17-18H,2-3H2,1H3,(H2,13,15)(H,14,16). The zero-order valence-corrected chi connectivity index (χ0v) is 11.5. The average molecular weight is 318 g/mol. The summed E-state index contributed by atoms with van der Waals surface area (Å²) >= 11 is 3.22. The summed E-state index contributed by atoms with van der Waals surface area (Å²) in [5.74, 6) is -0.00963. The molecule has 0 aliphatic carbocycles. The number of nitrogens with zero attached hydrogens (tertiary/aromatic N) is 1. The highest BCUT2D eigenvalue weighted by Crippen LogP contribution is 2.25. The summed E-state index contributed by atoms with van der Waals surface area (Å²) in [5.41, 5.74) is 5.99. The van der Waals surface area contributed by atoms with E-state index in [4.69, 9.17) is 5.73 Å². The third-order valence-corrected chi connectivity index (χ3v) is 2.85. The van der Waals surface area contributed by atoms with Gasteiger partial charge in [0.2, 0.25) is 5.91 Å². The Balaban J connectivity index is 2.64. The van der Waals surface area contributed by atoms with Gasteiger partial charge in [0.15, 0.2) is 0 Å². The second-order valence-electron chi connectivity index (χ2n) is 3.91. The van der Waals surface area contributed by atoms with E-state index >= 15 is 0 Å². The van der Waals surface area contributed by atoms with Gasteiger partial charge in [0, 0.05) is 29.7 Å². The summed E-state index contributed by atoms with van der Waals surface area (Å²) in [6.45, 7) is 1.67. The van der Waals surface area contributed by atoms with Gasteiger partial charge in [-0.2, -0.15) is 0 Å². The number of aromatic nitrogens is 1. The van der Waals surface area contributed by atoms with E-state index in [1.165, 1.54) is 13.1 Å². The van der Waals surface area contributed by atoms with Crippen LogP contribution in [0.15, 0.2) is 16.7 Å². The minimum absolute atomic E-state index is 0.171. The van der Waals surface area contributed by atoms with Crippen molar-refractivity contribution in [2.75, 3.05) is 12.3 Å². The third kappa shape index (κ3) is 4.25. The van der Waals surface area contributed by atoms with E-state index in [1.807, 2.05) is 0 Å². The molecule has 0 spiro atoms. The number of aliphatic hydroxyl groups is 2. The molecule has 1 heterocycles. The van der Waals surface area contributed by atoms with Crippen molar-refractivity contribution in [1.82, 2.24) is 10.3 Å². The summed E-state index contributed by atoms with van der Waals surface area (Å²) in [5, 5.41) is 22.3. The van der Waals surface area contributed by atoms with Crippen molar-refractivity contribution < 1.29 is 15.0 Å². The SMILES string of the molecule is CC(=O)NCCC(O)C(O)c1cc(Br)cnc1N. The highest BCUT2D eigenvalue weighted by Gasteiger charge is 2.21. The monoisotopic (exact) mass is 317 g/mol. The highest BCUT2D eigenvalue weighted by atomic mass is 79.9. The van der Waals surface area contributed by atoms with Gasteiger partial charge in [-0.25, -0.2) is 4.98 Å². The molecule has 18 heavy (non-hydrogen) atoms. The van der Waals surface area contributed by atoms with Crippen molar-refractivity contribution in [3.05, 3.63) is 22.3 Å². The quantitative estimate of drug-likeness (QED) is 0.626. The van der Waals surface area contributed by atoms with Crippen molar-refractivity contribution in [2.24, 2.45) is 0 Å². The molecular weight excluding hydrogens is 302 g/mol. The molecule has 2 unspecified atom stereocenters. The number of anilines is 1. The van der Waals surface area contributed by atoms with Crippen LogP contribution in [0.1, 0.15) is 25.0 Å². The van der Waals surface area contributed by atoms with Gasteiger partial charge in [-0.1, -0.05) is 0 Å². The molecule has 1 amide bonds. The smallest absolute Gasteiger partial charge is 0.216 e. The van der Waals surface area contributed by atoms with E-state index in [9.17, 15) is 15.0 Å². The van der Waals surface area contributed by atoms with Crippen molar-refractivity contribution in [1.29, 1.82) is 0 Å². The first kappa shape index (κ1) is 14.9. The maximum absolute atomic E-state index is 10.7. The minimum atomic E-state index is -1.14. The lowest BCUT2D eigenvalue weighted by Crippen LogP contribution is -2.28. The number of amides is 1. The van der Waals surface area contributed by atoms with Crippen molar-refractivity contribution in [3.8, 4) is 0 Å². The third-order valence-electron chi connectivity index (χ3n) is 2.41. The molecule has 7 heteroatoms. The lowest BCUT2D eigenvalue weighted by atomic mass is 10.0. The molecule has 0 saturated heterocycles. The van der Waals surface area contributed by atoms with Crippen LogP contribution in [-0.2, 0) is 4.79 Å². The Labute approximate surface area is 113 Å². The predicted octanol–water partition coefficient (Wildman–Crippen LogP) is 0.347. The fourth-order valence-electron chi connectivity index (χ4n) is 1.46. The van der Waals surface area contributed by atoms with Crippen LogP contribution in [0.2, 0.25) is 0 Å². The zero-order valence-electron chi connectivity index (χ0n) is 9.93. The van der Waals surface area contributed by atoms with Crippen LogP contribution >= 0.6 is 15.9 Å². The van der Waals surface area contributed by atoms with Crippen molar-refractivity contribution in [3.63, 3.8) is 0 Å². The summed E-state index contributed by atoms with van der Waals surface area (Å²) in [6, 6.07) is 1.61. The summed E-state index contributed by atoms with van der Waals surface area (Å²) < 4.78 is 0.666. The molecule has 5 N–H and O–H groups in total. The van der Waals surface area contributed by atoms with Gasteiger partial charge in [-0.15, -0.1) is 0 Å². The van der Waals surface area contributed by atoms with Crippen LogP contribution in [0.3, 0.4) is 0 Å². The molecular formula is C11H16BrN3O3. The lowest BCUT2D eigenvalue weighted by molar-refractivity contribution is -0.119. The first-order valence-corrected chi connectivity index (χ1v) is 6.22. The van der Waals surface area contributed by atoms with E-state index in [1.54, 1.807) is 6.07 Å². The van der Waals surface area contributed by atoms with E-state index in [2.05, 4.69) is 26.2 Å². The highest BCUT2D eigenvalue weighted by molar-refractivity contribution is 9.10. The van der Waals surface area contributed by atoms with Crippen LogP contribution < -0.4 is 11.1 Å². The number of aliphatic hydroxyl groups excluding tert-OH is 2. The number of pyridine rings is 1. The van der Waals surface area contributed by atoms with Gasteiger partial charge in [0.25, 0.3) is 0 Å². The molecule has 0 aromatic carbocycles. The van der Waals surface area contributed by atoms with E-state index in [0.717, 1.165) is 0 Å². The lowest BCUT2D eigenvalue weighted by Gasteiger charge is -2.19. The van der Waals surface area contributed by atoms with E-state index < -0.39 is 12.2 Å². The minimum Gasteiger partial charge on any atom is -0.390 e. The van der Waals surface area contributed by atoms with Gasteiger partial charge >= 0.3 is 0 Å². The van der Waals surface area contributed by atoms with Crippen LogP contribution in [-0.4, -0.2) is 33.8 Å². The Morgan fingerprint density at radius 1 is 1.61 bits per heavy atom. The molecule has 0 aliphatic rings. The zero-order chi connectivity index (χ0) is 13.7. The Hall–Kier alpha value is -1.18. The second-order valence-corrected chi connectivity index (χ2v) is 4.83. The van der Waals surface area contributed by atoms with Crippen LogP contribution in [0.5, 0.6) is 0 Å². The number of nitrogens with one attached hydrogen (secondary N) is 1. The first-order chi connectivity index (χ1) is 8.41. The molecule has 1 rings (SSSR count). The van der Waals surface area contributed by atoms with Gasteiger partial charge in [0.05, 0.1) is 6.10 Å². The normalized spacial score (nSPS) is 14.0. The number of hydrogen-bond acceptors (Lipinski definition) is 5. The summed E-state index contributed by atoms with van der Waals surface area (Å²) in [4.78, 5) is 14.6. The number of carbonyl (C=O) groups is 1. The number of hydrogen-bond donors (Lipinski definition) is 4. The van der Waals surface area contributed by atoms with Crippen LogP contribution in [0.4, 0.5) is 5.82 Å². The summed E-state index contributed by atoms with van der Waals surface area (Å²) in [6.07, 6.45) is -0.416. The number of nitrogens with two attached hydrogens (primary N) is 1. The fraction of sp³-hybridized carbons (Fsp3) is 0.455. The van der Waals surface area contributed by atoms with Gasteiger partial charge in [-0.05, 0) is 28.4 Å². The number of rotatable bonds is 5. The molecule has 100 valence electrons. The molecule has 0 radical (unpaired) electrons. The van der Waals surface area contributed by atoms with E-state index in [0.29, 0.717) is 10.0 Å². The number of nitrogen functional groups attached to an aromatic ring is 1. The first-order valence-electron chi connectivity index (χ1n) is 5.43. The maximum Gasteiger partial charge on any atom is 0.216 e. The number of carbonyl (C=O) groups excluding carboxylic acids is 1. The molecule has 2 atom stereocenters. The Bertz CT molecular complexity index is 428. The Morgan fingerprint density at radius 2 is 2.28 bits per heavy atom. The maximum atomic E-state index is 10.7. The Kier molecular flexibility index (Phi) is 5.52. The van der Waals surface area contributed by atoms with Gasteiger partial charge < -0.3 is 21.3 Å². The molecule has 0 aliphatic heterocycles. The largest absolute Gasteiger partial charge is 0.390 e. The molecule has 1 aromatic rings. The predicted molar refractivity (Wildman–Crippen MR) is 70.6 cm³/mol.